The normalized spacial score (nSPS) is 18.7. The highest BCUT2D eigenvalue weighted by atomic mass is 35.5. The number of hydrogen-bond donors (Lipinski definition) is 0. The quantitative estimate of drug-likeness (QED) is 0.262. The van der Waals surface area contributed by atoms with Crippen LogP contribution in [0.15, 0.2) is 72.8 Å². The predicted molar refractivity (Wildman–Crippen MR) is 180 cm³/mol. The van der Waals surface area contributed by atoms with Gasteiger partial charge in [0.1, 0.15) is 0 Å². The molecule has 8 nitrogen and oxygen atoms in total. The number of anilines is 3. The van der Waals surface area contributed by atoms with Crippen molar-refractivity contribution in [2.45, 2.75) is 52.6 Å². The van der Waals surface area contributed by atoms with E-state index >= 15 is 0 Å². The van der Waals surface area contributed by atoms with Gasteiger partial charge in [-0.05, 0) is 100 Å². The van der Waals surface area contributed by atoms with Crippen LogP contribution in [0, 0.1) is 5.41 Å². The van der Waals surface area contributed by atoms with Gasteiger partial charge in [0.2, 0.25) is 5.91 Å². The van der Waals surface area contributed by atoms with Crippen molar-refractivity contribution in [3.05, 3.63) is 88.9 Å². The molecule has 0 bridgehead atoms. The lowest BCUT2D eigenvalue weighted by atomic mass is 9.89. The first kappa shape index (κ1) is 32.5. The Bertz CT molecular complexity index is 1520. The third kappa shape index (κ3) is 7.02. The summed E-state index contributed by atoms with van der Waals surface area (Å²) in [6.07, 6.45) is 1.35. The molecule has 0 unspecified atom stereocenters. The summed E-state index contributed by atoms with van der Waals surface area (Å²) in [6, 6.07) is 22.7. The number of benzene rings is 3. The number of piperazine rings is 1. The molecule has 0 radical (unpaired) electrons. The number of esters is 1. The summed E-state index contributed by atoms with van der Waals surface area (Å²) >= 11 is 6.13. The molecule has 3 aromatic rings. The van der Waals surface area contributed by atoms with Crippen LogP contribution in [0.4, 0.5) is 17.1 Å². The highest BCUT2D eigenvalue weighted by molar-refractivity contribution is 6.30. The summed E-state index contributed by atoms with van der Waals surface area (Å²) in [5.74, 6) is -0.293. The molecule has 9 heteroatoms. The number of halogens is 1. The molecule has 0 N–H and O–H groups in total. The van der Waals surface area contributed by atoms with Crippen molar-refractivity contribution in [3.8, 4) is 0 Å². The van der Waals surface area contributed by atoms with Crippen LogP contribution in [-0.2, 0) is 14.3 Å². The van der Waals surface area contributed by atoms with Crippen molar-refractivity contribution >= 4 is 46.4 Å². The van der Waals surface area contributed by atoms with Crippen LogP contribution in [0.1, 0.15) is 62.5 Å². The van der Waals surface area contributed by atoms with Crippen molar-refractivity contribution in [2.75, 3.05) is 54.5 Å². The van der Waals surface area contributed by atoms with Crippen LogP contribution in [0.2, 0.25) is 5.02 Å². The minimum Gasteiger partial charge on any atom is -0.469 e. The Balaban J connectivity index is 1.28. The van der Waals surface area contributed by atoms with E-state index in [0.717, 1.165) is 61.8 Å². The third-order valence-electron chi connectivity index (χ3n) is 9.18. The molecule has 2 heterocycles. The smallest absolute Gasteiger partial charge is 0.311 e. The first-order valence-corrected chi connectivity index (χ1v) is 16.0. The molecule has 3 aromatic carbocycles. The van der Waals surface area contributed by atoms with Crippen molar-refractivity contribution in [3.63, 3.8) is 0 Å². The van der Waals surface area contributed by atoms with Crippen LogP contribution >= 0.6 is 11.6 Å². The van der Waals surface area contributed by atoms with Gasteiger partial charge < -0.3 is 19.4 Å². The fraction of sp³-hybridized carbons (Fsp3) is 0.417. The van der Waals surface area contributed by atoms with Gasteiger partial charge in [-0.2, -0.15) is 0 Å². The molecule has 1 fully saturated rings. The van der Waals surface area contributed by atoms with Gasteiger partial charge in [-0.25, -0.2) is 0 Å². The Morgan fingerprint density at radius 1 is 0.933 bits per heavy atom. The predicted octanol–water partition coefficient (Wildman–Crippen LogP) is 6.58. The van der Waals surface area contributed by atoms with Crippen LogP contribution < -0.4 is 14.7 Å². The summed E-state index contributed by atoms with van der Waals surface area (Å²) in [4.78, 5) is 47.4. The van der Waals surface area contributed by atoms with Crippen molar-refractivity contribution in [2.24, 2.45) is 5.41 Å². The van der Waals surface area contributed by atoms with E-state index < -0.39 is 5.41 Å². The molecule has 2 aliphatic heterocycles. The van der Waals surface area contributed by atoms with Gasteiger partial charge in [-0.3, -0.25) is 19.3 Å². The highest BCUT2D eigenvalue weighted by Gasteiger charge is 2.38. The molecule has 5 rings (SSSR count). The molecule has 2 aliphatic rings. The Morgan fingerprint density at radius 3 is 2.20 bits per heavy atom. The van der Waals surface area contributed by atoms with E-state index in [-0.39, 0.29) is 29.9 Å². The largest absolute Gasteiger partial charge is 0.469 e. The average molecular weight is 631 g/mol. The van der Waals surface area contributed by atoms with Gasteiger partial charge in [0.15, 0.2) is 0 Å². The van der Waals surface area contributed by atoms with E-state index in [2.05, 4.69) is 9.80 Å². The Morgan fingerprint density at radius 2 is 1.58 bits per heavy atom. The number of rotatable bonds is 8. The highest BCUT2D eigenvalue weighted by Crippen LogP contribution is 2.43. The third-order valence-corrected chi connectivity index (χ3v) is 9.43. The fourth-order valence-electron chi connectivity index (χ4n) is 6.52. The second kappa shape index (κ2) is 13.6. The molecule has 45 heavy (non-hydrogen) atoms. The summed E-state index contributed by atoms with van der Waals surface area (Å²) in [5.41, 5.74) is 3.77. The lowest BCUT2D eigenvalue weighted by Crippen LogP contribution is -2.48. The maximum atomic E-state index is 14.0. The van der Waals surface area contributed by atoms with E-state index in [1.54, 1.807) is 19.1 Å². The van der Waals surface area contributed by atoms with Gasteiger partial charge in [-0.1, -0.05) is 29.8 Å². The molecular weight excluding hydrogens is 588 g/mol. The molecule has 2 amide bonds. The van der Waals surface area contributed by atoms with E-state index in [0.29, 0.717) is 17.0 Å². The summed E-state index contributed by atoms with van der Waals surface area (Å²) in [5, 5.41) is 0.612. The van der Waals surface area contributed by atoms with E-state index in [9.17, 15) is 14.4 Å². The van der Waals surface area contributed by atoms with Crippen LogP contribution in [0.25, 0.3) is 0 Å². The Hall–Kier alpha value is -3.88. The number of hydrogen-bond acceptors (Lipinski definition) is 6. The zero-order chi connectivity index (χ0) is 32.3. The molecule has 1 saturated heterocycles. The maximum absolute atomic E-state index is 14.0. The van der Waals surface area contributed by atoms with E-state index in [1.165, 1.54) is 7.11 Å². The zero-order valence-electron chi connectivity index (χ0n) is 26.8. The average Bonchev–Trinajstić information content (AvgIpc) is 3.04. The standard InChI is InChI=1S/C36H43ClN4O4/c1-25-24-33(41(26(2)42)30-16-12-28(37)13-17-30)31-8-6-7-9-32(31)40(25)34(43)27-10-14-29(15-11-27)39-22-20-38(21-23-39)19-18-36(3,4)35(44)45-5/h6-17,25,33H,18-24H2,1-5H3/t25-,33+/m0/s1. The van der Waals surface area contributed by atoms with Crippen molar-refractivity contribution < 1.29 is 19.1 Å². The van der Waals surface area contributed by atoms with Crippen molar-refractivity contribution in [1.82, 2.24) is 4.90 Å². The fourth-order valence-corrected chi connectivity index (χ4v) is 6.64. The van der Waals surface area contributed by atoms with E-state index in [1.807, 2.05) is 91.2 Å². The molecule has 0 saturated carbocycles. The molecule has 0 aromatic heterocycles. The Labute approximate surface area is 271 Å². The van der Waals surface area contributed by atoms with E-state index in [4.69, 9.17) is 16.3 Å². The van der Waals surface area contributed by atoms with Crippen molar-refractivity contribution in [1.29, 1.82) is 0 Å². The van der Waals surface area contributed by atoms with Gasteiger partial charge in [0.25, 0.3) is 5.91 Å². The number of carbonyl (C=O) groups is 3. The number of methoxy groups -OCH3 is 1. The summed E-state index contributed by atoms with van der Waals surface area (Å²) in [6.45, 7) is 11.9. The minimum absolute atomic E-state index is 0.0566. The monoisotopic (exact) mass is 630 g/mol. The number of nitrogens with zero attached hydrogens (tertiary/aromatic N) is 4. The lowest BCUT2D eigenvalue weighted by molar-refractivity contribution is -0.151. The SMILES string of the molecule is COC(=O)C(C)(C)CCN1CCN(c2ccc(C(=O)N3c4ccccc4[C@H](N(C(C)=O)c4ccc(Cl)cc4)C[C@@H]3C)cc2)CC1. The first-order valence-electron chi connectivity index (χ1n) is 15.6. The maximum Gasteiger partial charge on any atom is 0.311 e. The second-order valence-electron chi connectivity index (χ2n) is 12.7. The number of ether oxygens (including phenoxy) is 1. The van der Waals surface area contributed by atoms with Gasteiger partial charge >= 0.3 is 5.97 Å². The topological polar surface area (TPSA) is 73.4 Å². The molecule has 0 spiro atoms. The number of carbonyl (C=O) groups excluding carboxylic acids is 3. The zero-order valence-corrected chi connectivity index (χ0v) is 27.6. The van der Waals surface area contributed by atoms with Gasteiger partial charge in [-0.15, -0.1) is 0 Å². The molecule has 0 aliphatic carbocycles. The first-order chi connectivity index (χ1) is 21.5. The second-order valence-corrected chi connectivity index (χ2v) is 13.1. The van der Waals surface area contributed by atoms with Gasteiger partial charge in [0.05, 0.1) is 18.6 Å². The summed E-state index contributed by atoms with van der Waals surface area (Å²) in [7, 11) is 1.44. The van der Waals surface area contributed by atoms with Crippen LogP contribution in [-0.4, -0.2) is 68.6 Å². The number of fused-ring (bicyclic) bond motifs is 1. The minimum atomic E-state index is -0.495. The van der Waals surface area contributed by atoms with Crippen LogP contribution in [0.3, 0.4) is 0 Å². The lowest BCUT2D eigenvalue weighted by Gasteiger charge is -2.43. The number of amides is 2. The Kier molecular flexibility index (Phi) is 9.85. The molecule has 2 atom stereocenters. The van der Waals surface area contributed by atoms with Crippen LogP contribution in [0.5, 0.6) is 0 Å². The molecule has 238 valence electrons. The number of para-hydroxylation sites is 1. The summed E-state index contributed by atoms with van der Waals surface area (Å²) < 4.78 is 4.95. The van der Waals surface area contributed by atoms with Gasteiger partial charge in [0, 0.05) is 66.8 Å². The molecular formula is C36H43ClN4O4.